The Morgan fingerprint density at radius 2 is 1.68 bits per heavy atom. The lowest BCUT2D eigenvalue weighted by Crippen LogP contribution is -2.57. The molecule has 8 rings (SSSR count). The van der Waals surface area contributed by atoms with Gasteiger partial charge in [0.2, 0.25) is 0 Å². The molecule has 3 aromatic carbocycles. The van der Waals surface area contributed by atoms with Gasteiger partial charge >= 0.3 is 0 Å². The van der Waals surface area contributed by atoms with E-state index < -0.39 is 10.9 Å². The Hall–Kier alpha value is -5.35. The lowest BCUT2D eigenvalue weighted by Gasteiger charge is -2.54. The summed E-state index contributed by atoms with van der Waals surface area (Å²) >= 11 is 0. The van der Waals surface area contributed by atoms with E-state index in [1.165, 1.54) is 12.7 Å². The first-order valence-corrected chi connectivity index (χ1v) is 16.0. The predicted octanol–water partition coefficient (Wildman–Crippen LogP) is 5.19. The molecule has 0 amide bonds. The molecule has 6 aromatic rings. The lowest BCUT2D eigenvalue weighted by molar-refractivity contribution is -0.0351. The molecule has 0 radical (unpaired) electrons. The maximum absolute atomic E-state index is 12.0. The van der Waals surface area contributed by atoms with Gasteiger partial charge in [-0.1, -0.05) is 42.5 Å². The van der Waals surface area contributed by atoms with Crippen LogP contribution in [0.4, 0.5) is 11.5 Å². The van der Waals surface area contributed by atoms with Gasteiger partial charge < -0.3 is 15.8 Å². The Morgan fingerprint density at radius 3 is 2.40 bits per heavy atom. The number of fused-ring (bicyclic) bond motifs is 1. The molecule has 0 bridgehead atoms. The van der Waals surface area contributed by atoms with Gasteiger partial charge in [-0.05, 0) is 73.1 Å². The van der Waals surface area contributed by atoms with Crippen LogP contribution < -0.4 is 26.6 Å². The molecule has 0 unspecified atom stereocenters. The third-order valence-corrected chi connectivity index (χ3v) is 9.84. The number of nitrogens with one attached hydrogen (secondary N) is 1. The Bertz CT molecular complexity index is 2150. The van der Waals surface area contributed by atoms with Gasteiger partial charge in [-0.25, -0.2) is 15.0 Å². The van der Waals surface area contributed by atoms with E-state index in [1.54, 1.807) is 6.20 Å². The summed E-state index contributed by atoms with van der Waals surface area (Å²) in [5, 5.41) is 3.28. The summed E-state index contributed by atoms with van der Waals surface area (Å²) in [5.74, 6) is 1.29. The summed E-state index contributed by atoms with van der Waals surface area (Å²) in [4.78, 5) is 40.5. The van der Waals surface area contributed by atoms with Crippen LogP contribution in [-0.4, -0.2) is 50.7 Å². The predicted molar refractivity (Wildman–Crippen MR) is 183 cm³/mol. The molecular formula is C37H35N7O3. The van der Waals surface area contributed by atoms with Crippen molar-refractivity contribution in [2.45, 2.75) is 38.3 Å². The highest BCUT2D eigenvalue weighted by Gasteiger charge is 2.45. The van der Waals surface area contributed by atoms with E-state index in [2.05, 4.69) is 56.2 Å². The van der Waals surface area contributed by atoms with Gasteiger partial charge in [0, 0.05) is 43.1 Å². The maximum Gasteiger partial charge on any atom is 0.271 e. The van der Waals surface area contributed by atoms with Crippen molar-refractivity contribution < 1.29 is 4.74 Å². The number of benzene rings is 2. The van der Waals surface area contributed by atoms with Crippen molar-refractivity contribution in [2.24, 2.45) is 5.41 Å². The maximum atomic E-state index is 12.0. The normalized spacial score (nSPS) is 16.4. The average Bonchev–Trinajstić information content (AvgIpc) is 3.47. The largest absolute Gasteiger partial charge is 0.491 e. The molecule has 3 N–H and O–H groups in total. The highest BCUT2D eigenvalue weighted by atomic mass is 16.5. The van der Waals surface area contributed by atoms with Crippen molar-refractivity contribution in [1.29, 1.82) is 0 Å². The molecule has 0 atom stereocenters. The second kappa shape index (κ2) is 11.5. The molecule has 1 spiro atoms. The summed E-state index contributed by atoms with van der Waals surface area (Å²) in [6.07, 6.45) is 5.85. The Kier molecular flexibility index (Phi) is 7.10. The van der Waals surface area contributed by atoms with Crippen LogP contribution in [0.3, 0.4) is 0 Å². The second-order valence-electron chi connectivity index (χ2n) is 12.9. The molecule has 236 valence electrons. The third kappa shape index (κ3) is 5.14. The Labute approximate surface area is 271 Å². The minimum Gasteiger partial charge on any atom is -0.491 e. The smallest absolute Gasteiger partial charge is 0.271 e. The van der Waals surface area contributed by atoms with E-state index in [0.717, 1.165) is 79.0 Å². The lowest BCUT2D eigenvalue weighted by atomic mass is 9.67. The highest BCUT2D eigenvalue weighted by molar-refractivity contribution is 5.84. The van der Waals surface area contributed by atoms with Crippen LogP contribution in [0.1, 0.15) is 31.2 Å². The third-order valence-electron chi connectivity index (χ3n) is 9.84. The molecule has 2 fully saturated rings. The number of imidazole rings is 1. The topological polar surface area (TPSA) is 128 Å². The summed E-state index contributed by atoms with van der Waals surface area (Å²) in [7, 11) is 1.43. The van der Waals surface area contributed by atoms with Crippen LogP contribution >= 0.6 is 0 Å². The van der Waals surface area contributed by atoms with Gasteiger partial charge in [0.05, 0.1) is 18.4 Å². The zero-order valence-corrected chi connectivity index (χ0v) is 26.1. The van der Waals surface area contributed by atoms with Crippen molar-refractivity contribution >= 4 is 22.7 Å². The van der Waals surface area contributed by atoms with Crippen LogP contribution in [0.15, 0.2) is 94.6 Å². The van der Waals surface area contributed by atoms with Crippen LogP contribution in [-0.2, 0) is 6.54 Å². The van der Waals surface area contributed by atoms with Crippen molar-refractivity contribution in [3.63, 3.8) is 0 Å². The van der Waals surface area contributed by atoms with Crippen molar-refractivity contribution in [3.05, 3.63) is 111 Å². The first-order valence-electron chi connectivity index (χ1n) is 16.0. The van der Waals surface area contributed by atoms with E-state index >= 15 is 0 Å². The number of aromatic nitrogens is 4. The van der Waals surface area contributed by atoms with Crippen LogP contribution in [0.25, 0.3) is 39.5 Å². The summed E-state index contributed by atoms with van der Waals surface area (Å²) < 4.78 is 7.16. The molecule has 1 saturated heterocycles. The van der Waals surface area contributed by atoms with E-state index in [1.807, 2.05) is 42.5 Å². The summed E-state index contributed by atoms with van der Waals surface area (Å²) in [6.45, 7) is 3.01. The molecule has 4 heterocycles. The minimum atomic E-state index is -0.532. The molecule has 2 aliphatic rings. The number of nitrogens with two attached hydrogens (primary N) is 1. The highest BCUT2D eigenvalue weighted by Crippen LogP contribution is 2.45. The molecule has 3 aromatic heterocycles. The van der Waals surface area contributed by atoms with Gasteiger partial charge in [-0.2, -0.15) is 0 Å². The van der Waals surface area contributed by atoms with Gasteiger partial charge in [-0.3, -0.25) is 19.1 Å². The van der Waals surface area contributed by atoms with Crippen molar-refractivity contribution in [3.8, 4) is 34.1 Å². The van der Waals surface area contributed by atoms with Crippen molar-refractivity contribution in [2.75, 3.05) is 31.2 Å². The number of rotatable bonds is 8. The Balaban J connectivity index is 0.986. The standard InChI is InChI=1S/C37H35N7O3/c1-47-33-30(31(45)32(33)46)40-25-15-17-37(18-16-25)21-43(22-37)20-23-9-11-26(12-10-23)44-35(27-8-5-19-39-34(27)38)42-29-14-13-28(41-36(29)44)24-6-3-2-4-7-24/h2-14,19,25,40H,15-18,20-22H2,1H3,(H2,38,39). The fraction of sp³-hybridized carbons (Fsp3) is 0.270. The van der Waals surface area contributed by atoms with Gasteiger partial charge in [0.25, 0.3) is 10.9 Å². The van der Waals surface area contributed by atoms with Crippen LogP contribution in [0.2, 0.25) is 0 Å². The average molecular weight is 626 g/mol. The van der Waals surface area contributed by atoms with E-state index in [-0.39, 0.29) is 11.8 Å². The monoisotopic (exact) mass is 625 g/mol. The number of methoxy groups -OCH3 is 1. The number of nitrogens with zero attached hydrogens (tertiary/aromatic N) is 5. The first kappa shape index (κ1) is 29.1. The zero-order valence-electron chi connectivity index (χ0n) is 26.1. The van der Waals surface area contributed by atoms with Gasteiger partial charge in [0.15, 0.2) is 17.2 Å². The molecule has 10 heteroatoms. The van der Waals surface area contributed by atoms with E-state index in [9.17, 15) is 9.59 Å². The molecule has 1 aliphatic heterocycles. The fourth-order valence-electron chi connectivity index (χ4n) is 7.37. The number of nitrogen functional groups attached to an aromatic ring is 1. The Morgan fingerprint density at radius 1 is 0.915 bits per heavy atom. The number of ether oxygens (including phenoxy) is 1. The number of hydrogen-bond donors (Lipinski definition) is 2. The number of hydrogen-bond acceptors (Lipinski definition) is 9. The number of anilines is 2. The fourth-order valence-corrected chi connectivity index (χ4v) is 7.37. The summed E-state index contributed by atoms with van der Waals surface area (Å²) in [6, 6.07) is 26.8. The molecular weight excluding hydrogens is 590 g/mol. The zero-order chi connectivity index (χ0) is 32.1. The molecule has 1 aliphatic carbocycles. The SMILES string of the molecule is COc1c(NC2CCC3(CC2)CN(Cc2ccc(-n4c(-c5cccnc5N)nc5ccc(-c6ccccc6)nc54)cc2)C3)c(=O)c1=O. The quantitative estimate of drug-likeness (QED) is 0.220. The van der Waals surface area contributed by atoms with Crippen LogP contribution in [0, 0.1) is 5.41 Å². The minimum absolute atomic E-state index is 0.169. The summed E-state index contributed by atoms with van der Waals surface area (Å²) in [5.41, 5.74) is 12.4. The van der Waals surface area contributed by atoms with Gasteiger partial charge in [0.1, 0.15) is 17.0 Å². The van der Waals surface area contributed by atoms with E-state index in [0.29, 0.717) is 22.7 Å². The molecule has 1 saturated carbocycles. The van der Waals surface area contributed by atoms with E-state index in [4.69, 9.17) is 20.4 Å². The van der Waals surface area contributed by atoms with Crippen molar-refractivity contribution in [1.82, 2.24) is 24.4 Å². The number of pyridine rings is 2. The number of likely N-dealkylation sites (tertiary alicyclic amines) is 1. The molecule has 47 heavy (non-hydrogen) atoms. The van der Waals surface area contributed by atoms with Gasteiger partial charge in [-0.15, -0.1) is 0 Å². The second-order valence-corrected chi connectivity index (χ2v) is 12.9. The van der Waals surface area contributed by atoms with Crippen LogP contribution in [0.5, 0.6) is 5.75 Å². The molecule has 10 nitrogen and oxygen atoms in total. The first-order chi connectivity index (χ1) is 22.9.